The quantitative estimate of drug-likeness (QED) is 0.391. The van der Waals surface area contributed by atoms with Gasteiger partial charge in [-0.3, -0.25) is 0 Å². The maximum atomic E-state index is 13.3. The summed E-state index contributed by atoms with van der Waals surface area (Å²) in [5.41, 5.74) is 1.10. The molecule has 0 radical (unpaired) electrons. The number of hydrogen-bond donors (Lipinski definition) is 0. The van der Waals surface area contributed by atoms with Gasteiger partial charge in [0.1, 0.15) is 11.6 Å². The van der Waals surface area contributed by atoms with Gasteiger partial charge in [-0.2, -0.15) is 0 Å². The molecular formula is C20H15F4OS+. The van der Waals surface area contributed by atoms with Crippen LogP contribution in [0.25, 0.3) is 0 Å². The Morgan fingerprint density at radius 1 is 0.692 bits per heavy atom. The van der Waals surface area contributed by atoms with Crippen LogP contribution < -0.4 is 4.74 Å². The smallest absolute Gasteiger partial charge is 0.406 e. The van der Waals surface area contributed by atoms with Crippen LogP contribution in [0.2, 0.25) is 0 Å². The monoisotopic (exact) mass is 379 g/mol. The Labute approximate surface area is 151 Å². The number of ether oxygens (including phenoxy) is 1. The van der Waals surface area contributed by atoms with Gasteiger partial charge in [0.05, 0.1) is 10.9 Å². The van der Waals surface area contributed by atoms with E-state index in [0.29, 0.717) is 0 Å². The summed E-state index contributed by atoms with van der Waals surface area (Å²) in [7, 11) is -0.566. The highest BCUT2D eigenvalue weighted by molar-refractivity contribution is 7.97. The summed E-state index contributed by atoms with van der Waals surface area (Å²) in [5.74, 6) is -0.608. The van der Waals surface area contributed by atoms with Crippen LogP contribution in [0.1, 0.15) is 5.56 Å². The molecule has 3 aromatic rings. The SMILES string of the molecule is Cc1ccc([S+](c2ccc(F)cc2)c2ccc(OC(F)(F)F)cc2)cc1. The first-order chi connectivity index (χ1) is 12.3. The summed E-state index contributed by atoms with van der Waals surface area (Å²) < 4.78 is 54.3. The van der Waals surface area contributed by atoms with Gasteiger partial charge in [0.15, 0.2) is 14.7 Å². The third-order valence-corrected chi connectivity index (χ3v) is 5.83. The van der Waals surface area contributed by atoms with Gasteiger partial charge in [0.2, 0.25) is 0 Å². The molecule has 0 saturated heterocycles. The molecule has 1 unspecified atom stereocenters. The number of hydrogen-bond acceptors (Lipinski definition) is 1. The van der Waals surface area contributed by atoms with E-state index in [4.69, 9.17) is 0 Å². The van der Waals surface area contributed by atoms with Crippen molar-refractivity contribution in [3.63, 3.8) is 0 Å². The number of alkyl halides is 3. The summed E-state index contributed by atoms with van der Waals surface area (Å²) in [6.45, 7) is 1.98. The first-order valence-electron chi connectivity index (χ1n) is 7.74. The molecule has 6 heteroatoms. The predicted molar refractivity (Wildman–Crippen MR) is 92.9 cm³/mol. The van der Waals surface area contributed by atoms with Crippen LogP contribution in [-0.4, -0.2) is 6.36 Å². The van der Waals surface area contributed by atoms with Gasteiger partial charge in [-0.15, -0.1) is 13.2 Å². The fraction of sp³-hybridized carbons (Fsp3) is 0.100. The number of aryl methyl sites for hydroxylation is 1. The van der Waals surface area contributed by atoms with Crippen LogP contribution >= 0.6 is 0 Å². The molecule has 0 spiro atoms. The van der Waals surface area contributed by atoms with E-state index in [2.05, 4.69) is 4.74 Å². The molecule has 134 valence electrons. The molecule has 0 aliphatic heterocycles. The Hall–Kier alpha value is -2.47. The summed E-state index contributed by atoms with van der Waals surface area (Å²) >= 11 is 0. The largest absolute Gasteiger partial charge is 0.573 e. The normalized spacial score (nSPS) is 12.7. The average Bonchev–Trinajstić information content (AvgIpc) is 2.59. The average molecular weight is 379 g/mol. The Morgan fingerprint density at radius 2 is 1.12 bits per heavy atom. The molecule has 0 bridgehead atoms. The van der Waals surface area contributed by atoms with Gasteiger partial charge in [0.25, 0.3) is 0 Å². The topological polar surface area (TPSA) is 9.23 Å². The fourth-order valence-electron chi connectivity index (χ4n) is 2.43. The second kappa shape index (κ2) is 7.41. The van der Waals surface area contributed by atoms with Gasteiger partial charge >= 0.3 is 6.36 Å². The van der Waals surface area contributed by atoms with E-state index in [9.17, 15) is 17.6 Å². The van der Waals surface area contributed by atoms with Gasteiger partial charge in [-0.05, 0) is 67.6 Å². The lowest BCUT2D eigenvalue weighted by molar-refractivity contribution is -0.274. The lowest BCUT2D eigenvalue weighted by atomic mass is 10.2. The Balaban J connectivity index is 2.00. The van der Waals surface area contributed by atoms with E-state index in [1.165, 1.54) is 24.3 Å². The first-order valence-corrected chi connectivity index (χ1v) is 8.97. The fourth-order valence-corrected chi connectivity index (χ4v) is 4.47. The van der Waals surface area contributed by atoms with Crippen LogP contribution in [0.4, 0.5) is 17.6 Å². The molecule has 0 amide bonds. The van der Waals surface area contributed by atoms with Crippen LogP contribution in [-0.2, 0) is 10.9 Å². The van der Waals surface area contributed by atoms with Crippen molar-refractivity contribution in [2.45, 2.75) is 28.0 Å². The van der Waals surface area contributed by atoms with Crippen LogP contribution in [0, 0.1) is 12.7 Å². The highest BCUT2D eigenvalue weighted by atomic mass is 32.2. The molecule has 0 fully saturated rings. The van der Waals surface area contributed by atoms with E-state index in [1.807, 2.05) is 31.2 Å². The Bertz CT molecular complexity index is 811. The van der Waals surface area contributed by atoms with E-state index < -0.39 is 17.3 Å². The second-order valence-electron chi connectivity index (χ2n) is 5.59. The lowest BCUT2D eigenvalue weighted by Crippen LogP contribution is -2.17. The highest BCUT2D eigenvalue weighted by Crippen LogP contribution is 2.33. The summed E-state index contributed by atoms with van der Waals surface area (Å²) in [6, 6.07) is 19.8. The highest BCUT2D eigenvalue weighted by Gasteiger charge is 2.32. The second-order valence-corrected chi connectivity index (χ2v) is 7.62. The zero-order valence-corrected chi connectivity index (χ0v) is 14.6. The minimum absolute atomic E-state index is 0.271. The standard InChI is InChI=1S/C20H15F4OS/c1-14-2-8-17(9-3-14)26(18-10-4-15(21)5-11-18)19-12-6-16(7-13-19)25-20(22,23)24/h2-13H,1H3/q+1. The van der Waals surface area contributed by atoms with Gasteiger partial charge in [-0.1, -0.05) is 17.7 Å². The molecule has 0 saturated carbocycles. The predicted octanol–water partition coefficient (Wildman–Crippen LogP) is 6.13. The van der Waals surface area contributed by atoms with E-state index >= 15 is 0 Å². The van der Waals surface area contributed by atoms with E-state index in [-0.39, 0.29) is 11.6 Å². The minimum atomic E-state index is -4.73. The molecule has 1 nitrogen and oxygen atoms in total. The summed E-state index contributed by atoms with van der Waals surface area (Å²) in [5, 5.41) is 0. The minimum Gasteiger partial charge on any atom is -0.406 e. The number of benzene rings is 3. The van der Waals surface area contributed by atoms with Crippen molar-refractivity contribution in [1.82, 2.24) is 0 Å². The van der Waals surface area contributed by atoms with Crippen molar-refractivity contribution in [1.29, 1.82) is 0 Å². The molecule has 0 N–H and O–H groups in total. The van der Waals surface area contributed by atoms with Crippen molar-refractivity contribution < 1.29 is 22.3 Å². The van der Waals surface area contributed by atoms with Crippen LogP contribution in [0.15, 0.2) is 87.5 Å². The lowest BCUT2D eigenvalue weighted by Gasteiger charge is -2.11. The molecule has 26 heavy (non-hydrogen) atoms. The molecule has 0 aliphatic rings. The maximum Gasteiger partial charge on any atom is 0.573 e. The van der Waals surface area contributed by atoms with Crippen LogP contribution in [0.3, 0.4) is 0 Å². The van der Waals surface area contributed by atoms with Crippen molar-refractivity contribution in [3.8, 4) is 5.75 Å². The Morgan fingerprint density at radius 3 is 1.58 bits per heavy atom. The van der Waals surface area contributed by atoms with Gasteiger partial charge in [0, 0.05) is 0 Å². The van der Waals surface area contributed by atoms with Crippen molar-refractivity contribution >= 4 is 10.9 Å². The number of rotatable bonds is 4. The summed E-state index contributed by atoms with van der Waals surface area (Å²) in [6.07, 6.45) is -4.73. The van der Waals surface area contributed by atoms with Crippen molar-refractivity contribution in [3.05, 3.63) is 84.2 Å². The van der Waals surface area contributed by atoms with Gasteiger partial charge < -0.3 is 4.74 Å². The third-order valence-electron chi connectivity index (χ3n) is 3.60. The zero-order valence-electron chi connectivity index (χ0n) is 13.8. The van der Waals surface area contributed by atoms with Crippen LogP contribution in [0.5, 0.6) is 5.75 Å². The maximum absolute atomic E-state index is 13.3. The molecule has 1 atom stereocenters. The molecule has 3 rings (SSSR count). The van der Waals surface area contributed by atoms with Crippen molar-refractivity contribution in [2.24, 2.45) is 0 Å². The number of halogens is 4. The summed E-state index contributed by atoms with van der Waals surface area (Å²) in [4.78, 5) is 2.68. The first kappa shape index (κ1) is 18.3. The molecule has 0 aromatic heterocycles. The molecule has 3 aromatic carbocycles. The van der Waals surface area contributed by atoms with Gasteiger partial charge in [-0.25, -0.2) is 4.39 Å². The third kappa shape index (κ3) is 4.58. The van der Waals surface area contributed by atoms with E-state index in [0.717, 1.165) is 20.2 Å². The van der Waals surface area contributed by atoms with Crippen molar-refractivity contribution in [2.75, 3.05) is 0 Å². The van der Waals surface area contributed by atoms with E-state index in [1.54, 1.807) is 24.3 Å². The molecule has 0 heterocycles. The Kier molecular flexibility index (Phi) is 5.23. The zero-order chi connectivity index (χ0) is 18.7. The molecule has 0 aliphatic carbocycles. The molecular weight excluding hydrogens is 364 g/mol.